The minimum Gasteiger partial charge on any atom is -0.496 e. The van der Waals surface area contributed by atoms with Crippen LogP contribution < -0.4 is 4.74 Å². The predicted molar refractivity (Wildman–Crippen MR) is 98.2 cm³/mol. The summed E-state index contributed by atoms with van der Waals surface area (Å²) in [6.45, 7) is 4.43. The van der Waals surface area contributed by atoms with Gasteiger partial charge in [0.1, 0.15) is 5.75 Å². The number of carboxylic acids is 1. The van der Waals surface area contributed by atoms with Crippen molar-refractivity contribution >= 4 is 15.8 Å². The third-order valence-electron chi connectivity index (χ3n) is 5.33. The van der Waals surface area contributed by atoms with Crippen LogP contribution in [-0.4, -0.2) is 79.6 Å². The minimum absolute atomic E-state index is 0.0368. The Morgan fingerprint density at radius 1 is 1.23 bits per heavy atom. The quantitative estimate of drug-likeness (QED) is 0.777. The van der Waals surface area contributed by atoms with E-state index >= 15 is 0 Å². The zero-order valence-corrected chi connectivity index (χ0v) is 16.0. The molecular formula is C18H26N2O5S. The number of ether oxygens (including phenoxy) is 1. The summed E-state index contributed by atoms with van der Waals surface area (Å²) in [5.41, 5.74) is 2.16. The van der Waals surface area contributed by atoms with Crippen molar-refractivity contribution in [1.82, 2.24) is 9.80 Å². The van der Waals surface area contributed by atoms with Gasteiger partial charge in [0.15, 0.2) is 9.84 Å². The van der Waals surface area contributed by atoms with E-state index in [4.69, 9.17) is 9.84 Å². The molecule has 26 heavy (non-hydrogen) atoms. The molecule has 2 heterocycles. The first kappa shape index (κ1) is 19.1. The molecule has 1 aromatic carbocycles. The first-order valence-corrected chi connectivity index (χ1v) is 10.6. The molecule has 0 amide bonds. The summed E-state index contributed by atoms with van der Waals surface area (Å²) in [7, 11) is -1.47. The Morgan fingerprint density at radius 2 is 1.88 bits per heavy atom. The molecule has 0 bridgehead atoms. The van der Waals surface area contributed by atoms with Crippen LogP contribution in [0.2, 0.25) is 0 Å². The molecule has 2 atom stereocenters. The standard InChI is InChI=1S/C18H26N2O5S/c1-13-3-4-14(17(9-13)25-2)10-20-8-7-19(6-5-18(21)22)15-11-26(23,24)12-16(15)20/h3-4,9,15-16H,5-8,10-12H2,1-2H3,(H,21,22)/t15-,16+/m1/s1. The van der Waals surface area contributed by atoms with Crippen molar-refractivity contribution < 1.29 is 23.1 Å². The molecule has 2 aliphatic heterocycles. The van der Waals surface area contributed by atoms with Gasteiger partial charge in [0.05, 0.1) is 25.0 Å². The molecule has 1 N–H and O–H groups in total. The van der Waals surface area contributed by atoms with Gasteiger partial charge < -0.3 is 9.84 Å². The van der Waals surface area contributed by atoms with Crippen molar-refractivity contribution in [2.75, 3.05) is 38.2 Å². The van der Waals surface area contributed by atoms with Crippen molar-refractivity contribution in [3.8, 4) is 5.75 Å². The average molecular weight is 382 g/mol. The molecule has 8 heteroatoms. The van der Waals surface area contributed by atoms with E-state index in [9.17, 15) is 13.2 Å². The van der Waals surface area contributed by atoms with Crippen molar-refractivity contribution in [3.63, 3.8) is 0 Å². The number of carbonyl (C=O) groups is 1. The van der Waals surface area contributed by atoms with Gasteiger partial charge in [-0.2, -0.15) is 0 Å². The van der Waals surface area contributed by atoms with Crippen LogP contribution >= 0.6 is 0 Å². The highest BCUT2D eigenvalue weighted by Gasteiger charge is 2.46. The second-order valence-electron chi connectivity index (χ2n) is 7.18. The number of aryl methyl sites for hydroxylation is 1. The van der Waals surface area contributed by atoms with Gasteiger partial charge in [-0.25, -0.2) is 8.42 Å². The maximum absolute atomic E-state index is 12.3. The number of hydrogen-bond acceptors (Lipinski definition) is 6. The number of carboxylic acid groups (broad SMARTS) is 1. The fourth-order valence-corrected chi connectivity index (χ4v) is 6.05. The summed E-state index contributed by atoms with van der Waals surface area (Å²) in [6, 6.07) is 5.81. The molecule has 144 valence electrons. The first-order valence-electron chi connectivity index (χ1n) is 8.83. The van der Waals surface area contributed by atoms with Gasteiger partial charge in [-0.3, -0.25) is 14.6 Å². The smallest absolute Gasteiger partial charge is 0.304 e. The fraction of sp³-hybridized carbons (Fsp3) is 0.611. The predicted octanol–water partition coefficient (Wildman–Crippen LogP) is 0.762. The van der Waals surface area contributed by atoms with Crippen LogP contribution in [0.3, 0.4) is 0 Å². The van der Waals surface area contributed by atoms with Crippen LogP contribution in [0.25, 0.3) is 0 Å². The summed E-state index contributed by atoms with van der Waals surface area (Å²) in [6.07, 6.45) is 0.0368. The zero-order valence-electron chi connectivity index (χ0n) is 15.2. The maximum Gasteiger partial charge on any atom is 0.304 e. The Kier molecular flexibility index (Phi) is 5.55. The highest BCUT2D eigenvalue weighted by Crippen LogP contribution is 2.30. The molecule has 0 unspecified atom stereocenters. The molecule has 7 nitrogen and oxygen atoms in total. The number of aliphatic carboxylic acids is 1. The van der Waals surface area contributed by atoms with E-state index in [-0.39, 0.29) is 30.0 Å². The molecular weight excluding hydrogens is 356 g/mol. The fourth-order valence-electron chi connectivity index (χ4n) is 4.01. The number of nitrogens with zero attached hydrogens (tertiary/aromatic N) is 2. The monoisotopic (exact) mass is 382 g/mol. The highest BCUT2D eigenvalue weighted by molar-refractivity contribution is 7.91. The third kappa shape index (κ3) is 4.19. The molecule has 0 saturated carbocycles. The summed E-state index contributed by atoms with van der Waals surface area (Å²) in [5.74, 6) is 0.207. The van der Waals surface area contributed by atoms with E-state index in [1.54, 1.807) is 7.11 Å². The molecule has 0 aromatic heterocycles. The lowest BCUT2D eigenvalue weighted by Crippen LogP contribution is -2.58. The summed E-state index contributed by atoms with van der Waals surface area (Å²) < 4.78 is 30.0. The van der Waals surface area contributed by atoms with Crippen molar-refractivity contribution in [2.24, 2.45) is 0 Å². The number of sulfone groups is 1. The Morgan fingerprint density at radius 3 is 2.54 bits per heavy atom. The van der Waals surface area contributed by atoms with Gasteiger partial charge in [-0.05, 0) is 18.6 Å². The second-order valence-corrected chi connectivity index (χ2v) is 9.33. The topological polar surface area (TPSA) is 87.2 Å². The van der Waals surface area contributed by atoms with Gasteiger partial charge in [0.2, 0.25) is 0 Å². The van der Waals surface area contributed by atoms with Gasteiger partial charge in [-0.15, -0.1) is 0 Å². The van der Waals surface area contributed by atoms with Gasteiger partial charge in [-0.1, -0.05) is 12.1 Å². The molecule has 3 rings (SSSR count). The summed E-state index contributed by atoms with van der Waals surface area (Å²) in [4.78, 5) is 15.1. The molecule has 2 fully saturated rings. The van der Waals surface area contributed by atoms with Gasteiger partial charge in [0.25, 0.3) is 0 Å². The van der Waals surface area contributed by atoms with Crippen LogP contribution in [0.15, 0.2) is 18.2 Å². The number of rotatable bonds is 6. The minimum atomic E-state index is -3.11. The first-order chi connectivity index (χ1) is 12.3. The van der Waals surface area contributed by atoms with Crippen LogP contribution in [0.4, 0.5) is 0 Å². The molecule has 0 radical (unpaired) electrons. The Bertz CT molecular complexity index is 780. The summed E-state index contributed by atoms with van der Waals surface area (Å²) in [5, 5.41) is 8.94. The normalized spacial score (nSPS) is 25.8. The van der Waals surface area contributed by atoms with E-state index in [0.717, 1.165) is 16.9 Å². The Balaban J connectivity index is 1.79. The maximum atomic E-state index is 12.3. The van der Waals surface area contributed by atoms with Gasteiger partial charge in [0, 0.05) is 43.8 Å². The number of benzene rings is 1. The summed E-state index contributed by atoms with van der Waals surface area (Å²) >= 11 is 0. The van der Waals surface area contributed by atoms with E-state index < -0.39 is 15.8 Å². The van der Waals surface area contributed by atoms with E-state index in [1.165, 1.54) is 0 Å². The van der Waals surface area contributed by atoms with Crippen LogP contribution in [-0.2, 0) is 21.2 Å². The average Bonchev–Trinajstić information content (AvgIpc) is 2.91. The zero-order chi connectivity index (χ0) is 18.9. The van der Waals surface area contributed by atoms with Gasteiger partial charge >= 0.3 is 5.97 Å². The Labute approximate surface area is 154 Å². The molecule has 0 aliphatic carbocycles. The SMILES string of the molecule is COc1cc(C)ccc1CN1CCN(CCC(=O)O)[C@@H]2CS(=O)(=O)C[C@@H]21. The van der Waals surface area contributed by atoms with Crippen molar-refractivity contribution in [2.45, 2.75) is 32.0 Å². The highest BCUT2D eigenvalue weighted by atomic mass is 32.2. The molecule has 0 spiro atoms. The van der Waals surface area contributed by atoms with Crippen LogP contribution in [0, 0.1) is 6.92 Å². The van der Waals surface area contributed by atoms with E-state index in [2.05, 4.69) is 4.90 Å². The number of hydrogen-bond donors (Lipinski definition) is 1. The third-order valence-corrected chi connectivity index (χ3v) is 7.03. The lowest BCUT2D eigenvalue weighted by molar-refractivity contribution is -0.137. The van der Waals surface area contributed by atoms with E-state index in [1.807, 2.05) is 30.0 Å². The molecule has 2 aliphatic rings. The number of piperazine rings is 1. The van der Waals surface area contributed by atoms with E-state index in [0.29, 0.717) is 26.2 Å². The number of methoxy groups -OCH3 is 1. The lowest BCUT2D eigenvalue weighted by atomic mass is 10.0. The largest absolute Gasteiger partial charge is 0.496 e. The number of fused-ring (bicyclic) bond motifs is 1. The second kappa shape index (κ2) is 7.54. The van der Waals surface area contributed by atoms with Crippen molar-refractivity contribution in [1.29, 1.82) is 0 Å². The Hall–Kier alpha value is -1.64. The van der Waals surface area contributed by atoms with Crippen LogP contribution in [0.1, 0.15) is 17.5 Å². The van der Waals surface area contributed by atoms with Crippen LogP contribution in [0.5, 0.6) is 5.75 Å². The van der Waals surface area contributed by atoms with Crippen molar-refractivity contribution in [3.05, 3.63) is 29.3 Å². The molecule has 2 saturated heterocycles. The molecule has 1 aromatic rings. The lowest BCUT2D eigenvalue weighted by Gasteiger charge is -2.44.